The minimum Gasteiger partial charge on any atom is -0.307 e. The van der Waals surface area contributed by atoms with E-state index in [1.54, 1.807) is 6.92 Å². The number of aromatic nitrogens is 4. The smallest absolute Gasteiger partial charge is 0.282 e. The lowest BCUT2D eigenvalue weighted by Gasteiger charge is -2.06. The van der Waals surface area contributed by atoms with E-state index in [-0.39, 0.29) is 18.1 Å². The Balaban J connectivity index is 1.77. The van der Waals surface area contributed by atoms with Crippen LogP contribution in [0.3, 0.4) is 0 Å². The third-order valence-electron chi connectivity index (χ3n) is 3.49. The fourth-order valence-corrected chi connectivity index (χ4v) is 3.18. The van der Waals surface area contributed by atoms with Crippen molar-refractivity contribution in [2.75, 3.05) is 5.32 Å². The summed E-state index contributed by atoms with van der Waals surface area (Å²) in [6.45, 7) is 3.33. The van der Waals surface area contributed by atoms with Gasteiger partial charge in [0.2, 0.25) is 5.91 Å². The Bertz CT molecular complexity index is 853. The highest BCUT2D eigenvalue weighted by Gasteiger charge is 2.18. The summed E-state index contributed by atoms with van der Waals surface area (Å²) in [5, 5.41) is 15.4. The van der Waals surface area contributed by atoms with Gasteiger partial charge >= 0.3 is 0 Å². The van der Waals surface area contributed by atoms with Gasteiger partial charge in [0, 0.05) is 16.3 Å². The van der Waals surface area contributed by atoms with E-state index in [1.807, 2.05) is 24.4 Å². The highest BCUT2D eigenvalue weighted by atomic mass is 32.1. The van der Waals surface area contributed by atoms with Crippen molar-refractivity contribution in [1.29, 1.82) is 0 Å². The molecule has 9 heteroatoms. The van der Waals surface area contributed by atoms with E-state index in [1.165, 1.54) is 22.1 Å². The lowest BCUT2D eigenvalue weighted by molar-refractivity contribution is -0.117. The molecule has 3 rings (SSSR count). The number of nitrogens with one attached hydrogen (secondary N) is 2. The summed E-state index contributed by atoms with van der Waals surface area (Å²) in [7, 11) is 0. The van der Waals surface area contributed by atoms with Crippen LogP contribution in [0.2, 0.25) is 0 Å². The number of alkyl halides is 2. The maximum absolute atomic E-state index is 12.7. The Morgan fingerprint density at radius 3 is 2.88 bits per heavy atom. The zero-order chi connectivity index (χ0) is 17.3. The van der Waals surface area contributed by atoms with E-state index in [2.05, 4.69) is 20.6 Å². The van der Waals surface area contributed by atoms with Crippen LogP contribution in [0.25, 0.3) is 10.4 Å². The second kappa shape index (κ2) is 6.52. The minimum absolute atomic E-state index is 0.158. The molecule has 0 unspecified atom stereocenters. The van der Waals surface area contributed by atoms with Gasteiger partial charge < -0.3 is 5.32 Å². The first-order valence-corrected chi connectivity index (χ1v) is 8.05. The number of hydrogen-bond donors (Lipinski definition) is 2. The van der Waals surface area contributed by atoms with Crippen molar-refractivity contribution < 1.29 is 13.6 Å². The Kier molecular flexibility index (Phi) is 4.43. The number of amides is 1. The highest BCUT2D eigenvalue weighted by Crippen LogP contribution is 2.32. The summed E-state index contributed by atoms with van der Waals surface area (Å²) in [6.07, 6.45) is -2.66. The van der Waals surface area contributed by atoms with Gasteiger partial charge in [-0.25, -0.2) is 8.78 Å². The third-order valence-corrected chi connectivity index (χ3v) is 4.38. The normalized spacial score (nSPS) is 11.2. The molecule has 0 fully saturated rings. The molecule has 0 saturated heterocycles. The zero-order valence-electron chi connectivity index (χ0n) is 13.0. The molecular formula is C15H15F2N5OS. The van der Waals surface area contributed by atoms with Crippen molar-refractivity contribution in [2.24, 2.45) is 0 Å². The maximum Gasteiger partial charge on any atom is 0.282 e. The second-order valence-electron chi connectivity index (χ2n) is 5.27. The Hall–Kier alpha value is -2.55. The molecular weight excluding hydrogens is 336 g/mol. The van der Waals surface area contributed by atoms with Crippen LogP contribution in [0.1, 0.15) is 23.5 Å². The molecule has 0 bridgehead atoms. The van der Waals surface area contributed by atoms with Crippen molar-refractivity contribution in [3.05, 3.63) is 40.7 Å². The van der Waals surface area contributed by atoms with Crippen LogP contribution < -0.4 is 5.32 Å². The number of H-pyrrole nitrogens is 1. The van der Waals surface area contributed by atoms with Gasteiger partial charge in [-0.1, -0.05) is 6.07 Å². The second-order valence-corrected chi connectivity index (χ2v) is 6.21. The van der Waals surface area contributed by atoms with E-state index in [4.69, 9.17) is 0 Å². The number of aryl methyl sites for hydroxylation is 2. The molecule has 3 aromatic rings. The molecule has 126 valence electrons. The molecule has 24 heavy (non-hydrogen) atoms. The molecule has 0 saturated carbocycles. The number of nitrogens with zero attached hydrogens (tertiary/aromatic N) is 3. The number of halogens is 2. The van der Waals surface area contributed by atoms with Gasteiger partial charge in [-0.3, -0.25) is 14.6 Å². The fourth-order valence-electron chi connectivity index (χ4n) is 2.35. The van der Waals surface area contributed by atoms with Crippen LogP contribution in [0.15, 0.2) is 23.6 Å². The van der Waals surface area contributed by atoms with Crippen LogP contribution in [0.4, 0.5) is 14.6 Å². The first-order valence-electron chi connectivity index (χ1n) is 7.17. The number of carbonyl (C=O) groups excluding carboxylic acids is 1. The molecule has 6 nitrogen and oxygen atoms in total. The Labute approximate surface area is 140 Å². The molecule has 0 aromatic carbocycles. The maximum atomic E-state index is 12.7. The third kappa shape index (κ3) is 3.21. The number of aromatic amines is 1. The van der Waals surface area contributed by atoms with E-state index < -0.39 is 6.43 Å². The van der Waals surface area contributed by atoms with Crippen molar-refractivity contribution >= 4 is 23.1 Å². The average molecular weight is 351 g/mol. The summed E-state index contributed by atoms with van der Waals surface area (Å²) < 4.78 is 26.6. The van der Waals surface area contributed by atoms with Crippen LogP contribution in [0.5, 0.6) is 0 Å². The molecule has 3 heterocycles. The number of rotatable bonds is 5. The minimum atomic E-state index is -2.66. The molecule has 0 aliphatic heterocycles. The summed E-state index contributed by atoms with van der Waals surface area (Å²) in [5.41, 5.74) is 1.82. The zero-order valence-corrected chi connectivity index (χ0v) is 13.8. The average Bonchev–Trinajstić information content (AvgIpc) is 3.22. The van der Waals surface area contributed by atoms with Gasteiger partial charge in [-0.2, -0.15) is 10.2 Å². The Morgan fingerprint density at radius 2 is 2.25 bits per heavy atom. The van der Waals surface area contributed by atoms with Gasteiger partial charge in [-0.15, -0.1) is 11.3 Å². The molecule has 0 spiro atoms. The molecule has 2 N–H and O–H groups in total. The topological polar surface area (TPSA) is 75.6 Å². The first-order chi connectivity index (χ1) is 11.5. The predicted molar refractivity (Wildman–Crippen MR) is 87.2 cm³/mol. The molecule has 0 atom stereocenters. The van der Waals surface area contributed by atoms with Gasteiger partial charge in [0.15, 0.2) is 5.82 Å². The summed E-state index contributed by atoms with van der Waals surface area (Å²) in [5.74, 6) is 0.0326. The van der Waals surface area contributed by atoms with E-state index in [9.17, 15) is 13.6 Å². The van der Waals surface area contributed by atoms with Gasteiger partial charge in [-0.05, 0) is 31.4 Å². The van der Waals surface area contributed by atoms with Gasteiger partial charge in [0.1, 0.15) is 12.2 Å². The van der Waals surface area contributed by atoms with Crippen molar-refractivity contribution in [3.63, 3.8) is 0 Å². The molecule has 1 amide bonds. The molecule has 0 aliphatic carbocycles. The summed E-state index contributed by atoms with van der Waals surface area (Å²) in [4.78, 5) is 13.2. The molecule has 3 aromatic heterocycles. The van der Waals surface area contributed by atoms with Crippen LogP contribution in [0, 0.1) is 13.8 Å². The fraction of sp³-hybridized carbons (Fsp3) is 0.267. The Morgan fingerprint density at radius 1 is 1.46 bits per heavy atom. The van der Waals surface area contributed by atoms with Crippen LogP contribution >= 0.6 is 11.3 Å². The lowest BCUT2D eigenvalue weighted by Crippen LogP contribution is -2.21. The highest BCUT2D eigenvalue weighted by molar-refractivity contribution is 7.13. The van der Waals surface area contributed by atoms with Gasteiger partial charge in [0.05, 0.1) is 5.56 Å². The molecule has 0 radical (unpaired) electrons. The predicted octanol–water partition coefficient (Wildman–Crippen LogP) is 3.53. The first kappa shape index (κ1) is 16.3. The van der Waals surface area contributed by atoms with E-state index in [0.717, 1.165) is 16.1 Å². The van der Waals surface area contributed by atoms with Crippen molar-refractivity contribution in [1.82, 2.24) is 20.0 Å². The van der Waals surface area contributed by atoms with Crippen molar-refractivity contribution in [2.45, 2.75) is 26.8 Å². The van der Waals surface area contributed by atoms with E-state index >= 15 is 0 Å². The lowest BCUT2D eigenvalue weighted by atomic mass is 10.2. The quantitative estimate of drug-likeness (QED) is 0.738. The summed E-state index contributed by atoms with van der Waals surface area (Å²) in [6, 6.07) is 5.12. The monoisotopic (exact) mass is 351 g/mol. The standard InChI is InChI=1S/C15H15F2N5OS/c1-8-6-10(14(16)17)21-22(8)7-12(23)18-15-13(9(2)19-20-15)11-4-3-5-24-11/h3-6,14H,7H2,1-2H3,(H2,18,19,20,23). The number of carbonyl (C=O) groups is 1. The SMILES string of the molecule is Cc1[nH]nc(NC(=O)Cn2nc(C(F)F)cc2C)c1-c1cccs1. The number of hydrogen-bond acceptors (Lipinski definition) is 4. The number of anilines is 1. The van der Waals surface area contributed by atoms with Crippen molar-refractivity contribution in [3.8, 4) is 10.4 Å². The van der Waals surface area contributed by atoms with Crippen LogP contribution in [-0.2, 0) is 11.3 Å². The summed E-state index contributed by atoms with van der Waals surface area (Å²) >= 11 is 1.54. The number of thiophene rings is 1. The van der Waals surface area contributed by atoms with E-state index in [0.29, 0.717) is 11.5 Å². The largest absolute Gasteiger partial charge is 0.307 e. The molecule has 0 aliphatic rings. The van der Waals surface area contributed by atoms with Crippen LogP contribution in [-0.4, -0.2) is 25.9 Å². The van der Waals surface area contributed by atoms with Gasteiger partial charge in [0.25, 0.3) is 6.43 Å².